The second-order valence-corrected chi connectivity index (χ2v) is 9.03. The molecule has 0 saturated carbocycles. The van der Waals surface area contributed by atoms with Gasteiger partial charge in [-0.15, -0.1) is 0 Å². The highest BCUT2D eigenvalue weighted by Gasteiger charge is 2.45. The minimum absolute atomic E-state index is 0.0971. The van der Waals surface area contributed by atoms with Gasteiger partial charge in [0.1, 0.15) is 0 Å². The van der Waals surface area contributed by atoms with Crippen molar-refractivity contribution in [3.8, 4) is 0 Å². The fourth-order valence-electron chi connectivity index (χ4n) is 4.44. The molecule has 0 aromatic carbocycles. The zero-order valence-corrected chi connectivity index (χ0v) is 18.5. The largest absolute Gasteiger partial charge is 0.392 e. The zero-order chi connectivity index (χ0) is 22.1. The minimum Gasteiger partial charge on any atom is -0.392 e. The van der Waals surface area contributed by atoms with Crippen LogP contribution in [0.4, 0.5) is 0 Å². The van der Waals surface area contributed by atoms with Crippen molar-refractivity contribution in [2.45, 2.75) is 77.5 Å². The first-order chi connectivity index (χ1) is 14.1. The number of hydrogen-bond donors (Lipinski definition) is 2. The van der Waals surface area contributed by atoms with E-state index in [1.54, 1.807) is 0 Å². The molecule has 2 N–H and O–H groups in total. The molecule has 0 unspecified atom stereocenters. The Morgan fingerprint density at radius 1 is 1.30 bits per heavy atom. The van der Waals surface area contributed by atoms with Gasteiger partial charge < -0.3 is 19.7 Å². The summed E-state index contributed by atoms with van der Waals surface area (Å²) in [7, 11) is 0. The Balaban J connectivity index is 1.81. The third kappa shape index (κ3) is 5.09. The number of aliphatic hydroxyl groups is 2. The lowest BCUT2D eigenvalue weighted by molar-refractivity contribution is -0.224. The van der Waals surface area contributed by atoms with Crippen molar-refractivity contribution in [2.75, 3.05) is 6.61 Å². The number of ether oxygens (including phenoxy) is 2. The smallest absolute Gasteiger partial charge is 0.209 e. The van der Waals surface area contributed by atoms with E-state index in [2.05, 4.69) is 19.6 Å². The molecule has 1 spiro atoms. The number of fused-ring (bicyclic) bond motifs is 1. The summed E-state index contributed by atoms with van der Waals surface area (Å²) < 4.78 is 12.8. The molecular formula is C25H34O5. The monoisotopic (exact) mass is 414 g/mol. The van der Waals surface area contributed by atoms with Crippen molar-refractivity contribution in [2.24, 2.45) is 5.92 Å². The van der Waals surface area contributed by atoms with Crippen molar-refractivity contribution >= 4 is 5.78 Å². The normalized spacial score (nSPS) is 32.9. The fourth-order valence-corrected chi connectivity index (χ4v) is 4.44. The van der Waals surface area contributed by atoms with Crippen LogP contribution in [-0.2, 0) is 14.3 Å². The van der Waals surface area contributed by atoms with Crippen LogP contribution in [0.5, 0.6) is 0 Å². The Labute approximate surface area is 179 Å². The highest BCUT2D eigenvalue weighted by molar-refractivity contribution is 5.96. The number of rotatable bonds is 6. The number of Topliss-reactive ketones (excluding diaryl/α,β-unsaturated/α-hetero) is 1. The molecule has 164 valence electrons. The number of allylic oxidation sites excluding steroid dienone is 2. The Hall–Kier alpha value is -1.79. The third-order valence-corrected chi connectivity index (χ3v) is 6.18. The molecule has 0 radical (unpaired) electrons. The molecule has 0 aromatic heterocycles. The molecule has 0 amide bonds. The van der Waals surface area contributed by atoms with Crippen molar-refractivity contribution in [1.29, 1.82) is 0 Å². The van der Waals surface area contributed by atoms with Gasteiger partial charge in [-0.25, -0.2) is 0 Å². The predicted octanol–water partition coefficient (Wildman–Crippen LogP) is 3.93. The van der Waals surface area contributed by atoms with Gasteiger partial charge in [-0.05, 0) is 76.3 Å². The van der Waals surface area contributed by atoms with Crippen molar-refractivity contribution in [3.63, 3.8) is 0 Å². The molecule has 2 heterocycles. The molecule has 5 atom stereocenters. The molecule has 3 aliphatic rings. The highest BCUT2D eigenvalue weighted by atomic mass is 16.7. The first-order valence-corrected chi connectivity index (χ1v) is 10.7. The van der Waals surface area contributed by atoms with E-state index >= 15 is 0 Å². The van der Waals surface area contributed by atoms with Gasteiger partial charge in [0.15, 0.2) is 5.78 Å². The molecule has 0 aromatic rings. The van der Waals surface area contributed by atoms with Crippen molar-refractivity contribution in [3.05, 3.63) is 58.7 Å². The average Bonchev–Trinajstić information content (AvgIpc) is 2.66. The van der Waals surface area contributed by atoms with Gasteiger partial charge >= 0.3 is 0 Å². The molecule has 5 nitrogen and oxygen atoms in total. The number of carbonyl (C=O) groups excluding carboxylic acids is 1. The number of aliphatic hydroxyl groups excluding tert-OH is 2. The highest BCUT2D eigenvalue weighted by Crippen LogP contribution is 2.42. The topological polar surface area (TPSA) is 76.0 Å². The maximum atomic E-state index is 12.1. The molecule has 0 fully saturated rings. The maximum Gasteiger partial charge on any atom is 0.209 e. The van der Waals surface area contributed by atoms with E-state index in [0.29, 0.717) is 18.4 Å². The molecule has 0 saturated heterocycles. The third-order valence-electron chi connectivity index (χ3n) is 6.18. The summed E-state index contributed by atoms with van der Waals surface area (Å²) in [6, 6.07) is 0. The van der Waals surface area contributed by atoms with Crippen molar-refractivity contribution < 1.29 is 24.5 Å². The summed E-state index contributed by atoms with van der Waals surface area (Å²) in [5.74, 6) is -1.09. The first-order valence-electron chi connectivity index (χ1n) is 10.7. The molecule has 2 aliphatic heterocycles. The lowest BCUT2D eigenvalue weighted by Gasteiger charge is -2.45. The van der Waals surface area contributed by atoms with E-state index in [1.807, 2.05) is 39.0 Å². The van der Waals surface area contributed by atoms with Crippen LogP contribution in [0.1, 0.15) is 53.4 Å². The van der Waals surface area contributed by atoms with E-state index in [0.717, 1.165) is 35.1 Å². The molecule has 1 aliphatic carbocycles. The summed E-state index contributed by atoms with van der Waals surface area (Å²) in [6.45, 7) is 11.4. The van der Waals surface area contributed by atoms with E-state index in [-0.39, 0.29) is 30.5 Å². The average molecular weight is 415 g/mol. The summed E-state index contributed by atoms with van der Waals surface area (Å²) in [5, 5.41) is 19.9. The van der Waals surface area contributed by atoms with Crippen LogP contribution in [0.2, 0.25) is 0 Å². The second-order valence-electron chi connectivity index (χ2n) is 9.03. The summed E-state index contributed by atoms with van der Waals surface area (Å²) >= 11 is 0. The molecule has 3 rings (SSSR count). The van der Waals surface area contributed by atoms with Crippen LogP contribution in [-0.4, -0.2) is 46.7 Å². The predicted molar refractivity (Wildman–Crippen MR) is 117 cm³/mol. The van der Waals surface area contributed by atoms with Crippen LogP contribution in [0, 0.1) is 5.92 Å². The fraction of sp³-hybridized carbons (Fsp3) is 0.560. The van der Waals surface area contributed by atoms with Gasteiger partial charge in [0.05, 0.1) is 24.9 Å². The van der Waals surface area contributed by atoms with E-state index in [1.165, 1.54) is 0 Å². The van der Waals surface area contributed by atoms with Crippen LogP contribution in [0.25, 0.3) is 0 Å². The Morgan fingerprint density at radius 2 is 2.03 bits per heavy atom. The second kappa shape index (κ2) is 9.15. The SMILES string of the molecule is C=C(C)[C@@H](O)CCC(C)=C[C@@H]1CC(C)=C[C@]2(C=C(CO)[C@H]3CC(=O)C(C)=C[C@H]3O2)O1. The van der Waals surface area contributed by atoms with Gasteiger partial charge in [-0.3, -0.25) is 4.79 Å². The van der Waals surface area contributed by atoms with E-state index < -0.39 is 11.9 Å². The zero-order valence-electron chi connectivity index (χ0n) is 18.5. The lowest BCUT2D eigenvalue weighted by atomic mass is 9.79. The summed E-state index contributed by atoms with van der Waals surface area (Å²) in [5.41, 5.74) is 4.56. The number of carbonyl (C=O) groups is 1. The lowest BCUT2D eigenvalue weighted by Crippen LogP contribution is -2.49. The Morgan fingerprint density at radius 3 is 2.70 bits per heavy atom. The van der Waals surface area contributed by atoms with Crippen LogP contribution >= 0.6 is 0 Å². The Kier molecular flexibility index (Phi) is 6.98. The minimum atomic E-state index is -1.04. The summed E-state index contributed by atoms with van der Waals surface area (Å²) in [6.07, 6.45) is 9.32. The van der Waals surface area contributed by atoms with Crippen LogP contribution in [0.3, 0.4) is 0 Å². The molecule has 5 heteroatoms. The molecular weight excluding hydrogens is 380 g/mol. The van der Waals surface area contributed by atoms with E-state index in [9.17, 15) is 15.0 Å². The van der Waals surface area contributed by atoms with Crippen LogP contribution < -0.4 is 0 Å². The van der Waals surface area contributed by atoms with E-state index in [4.69, 9.17) is 9.47 Å². The van der Waals surface area contributed by atoms with Crippen molar-refractivity contribution in [1.82, 2.24) is 0 Å². The van der Waals surface area contributed by atoms with Gasteiger partial charge in [0.2, 0.25) is 5.79 Å². The number of ketones is 1. The molecule has 0 bridgehead atoms. The maximum absolute atomic E-state index is 12.1. The van der Waals surface area contributed by atoms with Gasteiger partial charge in [0.25, 0.3) is 0 Å². The first kappa shape index (κ1) is 22.9. The molecule has 30 heavy (non-hydrogen) atoms. The number of hydrogen-bond acceptors (Lipinski definition) is 5. The van der Waals surface area contributed by atoms with Gasteiger partial charge in [0, 0.05) is 12.3 Å². The van der Waals surface area contributed by atoms with Gasteiger partial charge in [-0.1, -0.05) is 29.4 Å². The Bertz CT molecular complexity index is 830. The standard InChI is InChI=1S/C25H34O5/c1-15(2)22(27)7-6-16(3)8-20-9-17(4)12-25(29-20)13-19(14-26)21-11-23(28)18(5)10-24(21)30-25/h8,10,12-13,20-22,24,26-27H,1,6-7,9,11,14H2,2-5H3/t20-,21-,22+,24-,25+/m1/s1. The van der Waals surface area contributed by atoms with Gasteiger partial charge in [-0.2, -0.15) is 0 Å². The van der Waals surface area contributed by atoms with Crippen LogP contribution in [0.15, 0.2) is 58.7 Å². The summed E-state index contributed by atoms with van der Waals surface area (Å²) in [4.78, 5) is 12.1. The quantitative estimate of drug-likeness (QED) is 0.644.